The average Bonchev–Trinajstić information content (AvgIpc) is 2.64. The lowest BCUT2D eigenvalue weighted by Gasteiger charge is -2.19. The van der Waals surface area contributed by atoms with E-state index in [0.717, 1.165) is 33.9 Å². The Labute approximate surface area is 175 Å². The van der Waals surface area contributed by atoms with E-state index in [2.05, 4.69) is 5.32 Å². The van der Waals surface area contributed by atoms with E-state index in [9.17, 15) is 4.79 Å². The second-order valence-corrected chi connectivity index (χ2v) is 8.24. The van der Waals surface area contributed by atoms with Crippen molar-refractivity contribution in [2.24, 2.45) is 0 Å². The van der Waals surface area contributed by atoms with E-state index in [1.807, 2.05) is 51.1 Å². The third kappa shape index (κ3) is 6.63. The van der Waals surface area contributed by atoms with Gasteiger partial charge < -0.3 is 10.1 Å². The zero-order valence-electron chi connectivity index (χ0n) is 15.9. The largest absolute Gasteiger partial charge is 0.480 e. The zero-order chi connectivity index (χ0) is 19.8. The molecule has 0 heterocycles. The molecule has 146 valence electrons. The van der Waals surface area contributed by atoms with Gasteiger partial charge >= 0.3 is 0 Å². The van der Waals surface area contributed by atoms with Crippen LogP contribution in [0.5, 0.6) is 5.75 Å². The van der Waals surface area contributed by atoms with Crippen molar-refractivity contribution < 1.29 is 9.53 Å². The third-order valence-electron chi connectivity index (χ3n) is 4.31. The van der Waals surface area contributed by atoms with Gasteiger partial charge in [-0.25, -0.2) is 0 Å². The minimum atomic E-state index is -0.485. The summed E-state index contributed by atoms with van der Waals surface area (Å²) < 4.78 is 5.94. The summed E-state index contributed by atoms with van der Waals surface area (Å²) in [7, 11) is 0. The molecule has 1 atom stereocenters. The first-order valence-corrected chi connectivity index (χ1v) is 10.9. The van der Waals surface area contributed by atoms with E-state index in [1.54, 1.807) is 17.8 Å². The number of hydrogen-bond donors (Lipinski definition) is 1. The van der Waals surface area contributed by atoms with E-state index in [1.165, 1.54) is 0 Å². The van der Waals surface area contributed by atoms with Crippen LogP contribution in [0.3, 0.4) is 0 Å². The maximum atomic E-state index is 12.4. The summed E-state index contributed by atoms with van der Waals surface area (Å²) in [6.07, 6.45) is 0.133. The SMILES string of the molecule is CC[C@H](Oc1cccc(C)c1C)C(=O)NCCSCc1ccc(Cl)cc1Cl. The summed E-state index contributed by atoms with van der Waals surface area (Å²) in [6, 6.07) is 11.4. The Morgan fingerprint density at radius 2 is 2.00 bits per heavy atom. The van der Waals surface area contributed by atoms with E-state index >= 15 is 0 Å². The van der Waals surface area contributed by atoms with Gasteiger partial charge in [0.25, 0.3) is 5.91 Å². The van der Waals surface area contributed by atoms with E-state index in [0.29, 0.717) is 23.0 Å². The lowest BCUT2D eigenvalue weighted by Crippen LogP contribution is -2.39. The molecular formula is C21H25Cl2NO2S. The van der Waals surface area contributed by atoms with Crippen LogP contribution in [0.15, 0.2) is 36.4 Å². The van der Waals surface area contributed by atoms with Crippen LogP contribution in [0.2, 0.25) is 10.0 Å². The molecule has 0 aliphatic carbocycles. The van der Waals surface area contributed by atoms with Gasteiger partial charge in [0.05, 0.1) is 0 Å². The maximum Gasteiger partial charge on any atom is 0.261 e. The Morgan fingerprint density at radius 3 is 2.70 bits per heavy atom. The van der Waals surface area contributed by atoms with Crippen molar-refractivity contribution in [3.63, 3.8) is 0 Å². The number of nitrogens with one attached hydrogen (secondary N) is 1. The number of halogens is 2. The molecule has 0 unspecified atom stereocenters. The van der Waals surface area contributed by atoms with Crippen molar-refractivity contribution in [2.75, 3.05) is 12.3 Å². The molecule has 0 spiro atoms. The number of carbonyl (C=O) groups is 1. The molecule has 1 amide bonds. The van der Waals surface area contributed by atoms with Crippen molar-refractivity contribution in [1.82, 2.24) is 5.32 Å². The zero-order valence-corrected chi connectivity index (χ0v) is 18.2. The predicted molar refractivity (Wildman–Crippen MR) is 116 cm³/mol. The van der Waals surface area contributed by atoms with Gasteiger partial charge in [0.1, 0.15) is 5.75 Å². The molecule has 0 aromatic heterocycles. The molecule has 0 bridgehead atoms. The molecular weight excluding hydrogens is 401 g/mol. The van der Waals surface area contributed by atoms with Crippen LogP contribution in [0.4, 0.5) is 0 Å². The summed E-state index contributed by atoms with van der Waals surface area (Å²) >= 11 is 13.8. The quantitative estimate of drug-likeness (QED) is 0.514. The summed E-state index contributed by atoms with van der Waals surface area (Å²) in [5, 5.41) is 4.27. The first kappa shape index (κ1) is 21.9. The molecule has 2 aromatic rings. The van der Waals surface area contributed by atoms with Crippen molar-refractivity contribution in [3.8, 4) is 5.75 Å². The van der Waals surface area contributed by atoms with Gasteiger partial charge in [-0.2, -0.15) is 11.8 Å². The van der Waals surface area contributed by atoms with Crippen molar-refractivity contribution in [3.05, 3.63) is 63.1 Å². The molecule has 0 saturated carbocycles. The van der Waals surface area contributed by atoms with Crippen LogP contribution >= 0.6 is 35.0 Å². The Hall–Kier alpha value is -1.36. The van der Waals surface area contributed by atoms with Gasteiger partial charge in [-0.1, -0.05) is 48.3 Å². The molecule has 6 heteroatoms. The molecule has 2 rings (SSSR count). The average molecular weight is 426 g/mol. The Kier molecular flexibility index (Phi) is 8.81. The minimum Gasteiger partial charge on any atom is -0.480 e. The highest BCUT2D eigenvalue weighted by molar-refractivity contribution is 7.98. The van der Waals surface area contributed by atoms with Crippen molar-refractivity contribution >= 4 is 40.9 Å². The number of ether oxygens (including phenoxy) is 1. The summed E-state index contributed by atoms with van der Waals surface area (Å²) in [5.74, 6) is 2.26. The van der Waals surface area contributed by atoms with Crippen LogP contribution in [0.1, 0.15) is 30.0 Å². The first-order valence-electron chi connectivity index (χ1n) is 8.94. The molecule has 0 aliphatic rings. The van der Waals surface area contributed by atoms with Crippen LogP contribution in [-0.2, 0) is 10.5 Å². The molecule has 0 saturated heterocycles. The number of hydrogen-bond acceptors (Lipinski definition) is 3. The number of thioether (sulfide) groups is 1. The minimum absolute atomic E-state index is 0.0801. The van der Waals surface area contributed by atoms with Crippen molar-refractivity contribution in [1.29, 1.82) is 0 Å². The highest BCUT2D eigenvalue weighted by Gasteiger charge is 2.19. The number of amides is 1. The molecule has 3 nitrogen and oxygen atoms in total. The highest BCUT2D eigenvalue weighted by atomic mass is 35.5. The first-order chi connectivity index (χ1) is 12.9. The molecule has 0 radical (unpaired) electrons. The predicted octanol–water partition coefficient (Wildman–Crippen LogP) is 5.82. The van der Waals surface area contributed by atoms with Gasteiger partial charge in [0.2, 0.25) is 0 Å². The van der Waals surface area contributed by atoms with Gasteiger partial charge in [0, 0.05) is 28.1 Å². The third-order valence-corrected chi connectivity index (χ3v) is 5.90. The van der Waals surface area contributed by atoms with Crippen LogP contribution in [0, 0.1) is 13.8 Å². The molecule has 0 aliphatic heterocycles. The summed E-state index contributed by atoms with van der Waals surface area (Å²) in [5.41, 5.74) is 3.27. The van der Waals surface area contributed by atoms with Crippen LogP contribution in [-0.4, -0.2) is 24.3 Å². The van der Waals surface area contributed by atoms with E-state index in [-0.39, 0.29) is 5.91 Å². The fraction of sp³-hybridized carbons (Fsp3) is 0.381. The fourth-order valence-corrected chi connectivity index (χ4v) is 3.93. The Morgan fingerprint density at radius 1 is 1.22 bits per heavy atom. The fourth-order valence-electron chi connectivity index (χ4n) is 2.51. The molecule has 2 aromatic carbocycles. The second kappa shape index (κ2) is 10.8. The van der Waals surface area contributed by atoms with Crippen LogP contribution < -0.4 is 10.1 Å². The van der Waals surface area contributed by atoms with Crippen molar-refractivity contribution in [2.45, 2.75) is 39.0 Å². The monoisotopic (exact) mass is 425 g/mol. The normalized spacial score (nSPS) is 11.9. The number of carbonyl (C=O) groups excluding carboxylic acids is 1. The topological polar surface area (TPSA) is 38.3 Å². The van der Waals surface area contributed by atoms with Gasteiger partial charge in [-0.15, -0.1) is 0 Å². The summed E-state index contributed by atoms with van der Waals surface area (Å²) in [4.78, 5) is 12.4. The highest BCUT2D eigenvalue weighted by Crippen LogP contribution is 2.25. The molecule has 0 fully saturated rings. The summed E-state index contributed by atoms with van der Waals surface area (Å²) in [6.45, 7) is 6.58. The number of benzene rings is 2. The standard InChI is InChI=1S/C21H25Cl2NO2S/c1-4-19(26-20-7-5-6-14(2)15(20)3)21(25)24-10-11-27-13-16-8-9-17(22)12-18(16)23/h5-9,12,19H,4,10-11,13H2,1-3H3,(H,24,25)/t19-/m0/s1. The van der Waals surface area contributed by atoms with Crippen LogP contribution in [0.25, 0.3) is 0 Å². The van der Waals surface area contributed by atoms with Gasteiger partial charge in [-0.3, -0.25) is 4.79 Å². The molecule has 27 heavy (non-hydrogen) atoms. The smallest absolute Gasteiger partial charge is 0.261 e. The number of aryl methyl sites for hydroxylation is 1. The Bertz CT molecular complexity index is 783. The van der Waals surface area contributed by atoms with Gasteiger partial charge in [-0.05, 0) is 55.2 Å². The lowest BCUT2D eigenvalue weighted by atomic mass is 10.1. The maximum absolute atomic E-state index is 12.4. The Balaban J connectivity index is 1.77. The van der Waals surface area contributed by atoms with E-state index in [4.69, 9.17) is 27.9 Å². The van der Waals surface area contributed by atoms with Gasteiger partial charge in [0.15, 0.2) is 6.10 Å². The van der Waals surface area contributed by atoms with E-state index < -0.39 is 6.10 Å². The number of rotatable bonds is 9. The molecule has 1 N–H and O–H groups in total. The lowest BCUT2D eigenvalue weighted by molar-refractivity contribution is -0.128. The second-order valence-electron chi connectivity index (χ2n) is 6.29.